The second-order valence-corrected chi connectivity index (χ2v) is 8.96. The van der Waals surface area contributed by atoms with Crippen LogP contribution < -0.4 is 0 Å². The first-order chi connectivity index (χ1) is 11.8. The number of ether oxygens (including phenoxy) is 1. The van der Waals surface area contributed by atoms with Crippen LogP contribution in [0, 0.1) is 0 Å². The van der Waals surface area contributed by atoms with Crippen molar-refractivity contribution in [3.8, 4) is 0 Å². The molecule has 0 spiro atoms. The Labute approximate surface area is 152 Å². The highest BCUT2D eigenvalue weighted by molar-refractivity contribution is 7.99. The van der Waals surface area contributed by atoms with Crippen LogP contribution in [0.25, 0.3) is 0 Å². The van der Waals surface area contributed by atoms with Crippen LogP contribution in [0.15, 0.2) is 29.2 Å². The maximum absolute atomic E-state index is 12.9. The summed E-state index contributed by atoms with van der Waals surface area (Å²) in [7, 11) is -0.769. The molecule has 1 atom stereocenters. The lowest BCUT2D eigenvalue weighted by atomic mass is 10.1. The molecule has 1 aromatic carbocycles. The number of thioether (sulfide) groups is 1. The first-order valence-electron chi connectivity index (χ1n) is 7.87. The largest absolute Gasteiger partial charge is 0.464 e. The summed E-state index contributed by atoms with van der Waals surface area (Å²) in [6, 6.07) is 5.23. The molecule has 0 radical (unpaired) electrons. The van der Waals surface area contributed by atoms with Gasteiger partial charge < -0.3 is 9.64 Å². The highest BCUT2D eigenvalue weighted by Crippen LogP contribution is 2.22. The molecule has 0 aromatic heterocycles. The molecular formula is C16H22N2O5S2. The Bertz CT molecular complexity index is 749. The summed E-state index contributed by atoms with van der Waals surface area (Å²) >= 11 is 1.59. The van der Waals surface area contributed by atoms with Gasteiger partial charge in [-0.2, -0.15) is 11.8 Å². The smallest absolute Gasteiger partial charge is 0.329 e. The quantitative estimate of drug-likeness (QED) is 0.704. The SMILES string of the molecule is CCOC(=O)C1CSCCN1C(=O)c1cccc(S(=O)(=O)N(C)C)c1. The van der Waals surface area contributed by atoms with Crippen molar-refractivity contribution < 1.29 is 22.7 Å². The van der Waals surface area contributed by atoms with Gasteiger partial charge in [-0.3, -0.25) is 4.79 Å². The lowest BCUT2D eigenvalue weighted by Gasteiger charge is -2.33. The maximum atomic E-state index is 12.9. The summed E-state index contributed by atoms with van der Waals surface area (Å²) in [5.74, 6) is 0.395. The van der Waals surface area contributed by atoms with E-state index in [1.54, 1.807) is 24.8 Å². The average Bonchev–Trinajstić information content (AvgIpc) is 2.61. The van der Waals surface area contributed by atoms with Crippen LogP contribution in [0.1, 0.15) is 17.3 Å². The summed E-state index contributed by atoms with van der Waals surface area (Å²) in [5, 5.41) is 0. The van der Waals surface area contributed by atoms with Gasteiger partial charge in [0.15, 0.2) is 0 Å². The van der Waals surface area contributed by atoms with Crippen molar-refractivity contribution in [2.45, 2.75) is 17.9 Å². The number of nitrogens with zero attached hydrogens (tertiary/aromatic N) is 2. The zero-order chi connectivity index (χ0) is 18.6. The lowest BCUT2D eigenvalue weighted by molar-refractivity contribution is -0.147. The second kappa shape index (κ2) is 8.20. The molecule has 0 aliphatic carbocycles. The van der Waals surface area contributed by atoms with Crippen molar-refractivity contribution in [3.05, 3.63) is 29.8 Å². The van der Waals surface area contributed by atoms with Gasteiger partial charge in [-0.25, -0.2) is 17.5 Å². The Morgan fingerprint density at radius 1 is 1.36 bits per heavy atom. The molecule has 1 aliphatic rings. The van der Waals surface area contributed by atoms with E-state index in [1.165, 1.54) is 37.2 Å². The van der Waals surface area contributed by atoms with E-state index in [-0.39, 0.29) is 23.0 Å². The third kappa shape index (κ3) is 4.34. The van der Waals surface area contributed by atoms with E-state index >= 15 is 0 Å². The Kier molecular flexibility index (Phi) is 6.47. The van der Waals surface area contributed by atoms with Crippen molar-refractivity contribution in [3.63, 3.8) is 0 Å². The number of sulfonamides is 1. The summed E-state index contributed by atoms with van der Waals surface area (Å²) in [4.78, 5) is 26.5. The molecule has 2 rings (SSSR count). The zero-order valence-corrected chi connectivity index (χ0v) is 16.1. The molecule has 1 amide bonds. The van der Waals surface area contributed by atoms with E-state index in [4.69, 9.17) is 4.74 Å². The van der Waals surface area contributed by atoms with Gasteiger partial charge in [0.25, 0.3) is 5.91 Å². The number of amides is 1. The van der Waals surface area contributed by atoms with Crippen LogP contribution in [-0.4, -0.2) is 74.3 Å². The van der Waals surface area contributed by atoms with Gasteiger partial charge >= 0.3 is 5.97 Å². The van der Waals surface area contributed by atoms with Gasteiger partial charge in [-0.05, 0) is 25.1 Å². The van der Waals surface area contributed by atoms with E-state index < -0.39 is 22.0 Å². The first kappa shape index (κ1) is 19.7. The fourth-order valence-electron chi connectivity index (χ4n) is 2.45. The standard InChI is InChI=1S/C16H22N2O5S2/c1-4-23-16(20)14-11-24-9-8-18(14)15(19)12-6-5-7-13(10-12)25(21,22)17(2)3/h5-7,10,14H,4,8-9,11H2,1-3H3. The van der Waals surface area contributed by atoms with E-state index in [1.807, 2.05) is 0 Å². The number of hydrogen-bond acceptors (Lipinski definition) is 6. The van der Waals surface area contributed by atoms with Crippen LogP contribution in [0.2, 0.25) is 0 Å². The number of carbonyl (C=O) groups excluding carboxylic acids is 2. The van der Waals surface area contributed by atoms with Crippen LogP contribution in [0.4, 0.5) is 0 Å². The van der Waals surface area contributed by atoms with Crippen molar-refractivity contribution in [2.24, 2.45) is 0 Å². The Morgan fingerprint density at radius 3 is 2.72 bits per heavy atom. The van der Waals surface area contributed by atoms with Crippen molar-refractivity contribution in [1.82, 2.24) is 9.21 Å². The lowest BCUT2D eigenvalue weighted by Crippen LogP contribution is -2.51. The summed E-state index contributed by atoms with van der Waals surface area (Å²) in [5.41, 5.74) is 0.240. The molecule has 1 unspecified atom stereocenters. The molecule has 25 heavy (non-hydrogen) atoms. The molecule has 1 aromatic rings. The minimum absolute atomic E-state index is 0.0439. The molecule has 1 fully saturated rings. The van der Waals surface area contributed by atoms with Crippen LogP contribution in [-0.2, 0) is 19.6 Å². The molecule has 0 N–H and O–H groups in total. The zero-order valence-electron chi connectivity index (χ0n) is 14.5. The third-order valence-electron chi connectivity index (χ3n) is 3.81. The van der Waals surface area contributed by atoms with E-state index in [0.717, 1.165) is 10.1 Å². The van der Waals surface area contributed by atoms with Gasteiger partial charge in [-0.15, -0.1) is 0 Å². The first-order valence-corrected chi connectivity index (χ1v) is 10.5. The monoisotopic (exact) mass is 386 g/mol. The van der Waals surface area contributed by atoms with Crippen molar-refractivity contribution in [2.75, 3.05) is 38.8 Å². The fourth-order valence-corrected chi connectivity index (χ4v) is 4.43. The second-order valence-electron chi connectivity index (χ2n) is 5.66. The maximum Gasteiger partial charge on any atom is 0.329 e. The number of benzene rings is 1. The van der Waals surface area contributed by atoms with E-state index in [2.05, 4.69) is 0 Å². The van der Waals surface area contributed by atoms with Gasteiger partial charge in [0, 0.05) is 37.7 Å². The normalized spacial score (nSPS) is 18.2. The topological polar surface area (TPSA) is 84.0 Å². The molecule has 1 aliphatic heterocycles. The molecular weight excluding hydrogens is 364 g/mol. The van der Waals surface area contributed by atoms with Crippen molar-refractivity contribution in [1.29, 1.82) is 0 Å². The molecule has 0 saturated carbocycles. The molecule has 7 nitrogen and oxygen atoms in total. The van der Waals surface area contributed by atoms with Gasteiger partial charge in [-0.1, -0.05) is 6.07 Å². The predicted molar refractivity (Wildman–Crippen MR) is 96.1 cm³/mol. The van der Waals surface area contributed by atoms with Crippen LogP contribution >= 0.6 is 11.8 Å². The number of hydrogen-bond donors (Lipinski definition) is 0. The highest BCUT2D eigenvalue weighted by atomic mass is 32.2. The third-order valence-corrected chi connectivity index (χ3v) is 6.64. The van der Waals surface area contributed by atoms with Gasteiger partial charge in [0.2, 0.25) is 10.0 Å². The summed E-state index contributed by atoms with van der Waals surface area (Å²) < 4.78 is 30.7. The molecule has 9 heteroatoms. The van der Waals surface area contributed by atoms with E-state index in [0.29, 0.717) is 12.3 Å². The summed E-state index contributed by atoms with van der Waals surface area (Å²) in [6.07, 6.45) is 0. The minimum Gasteiger partial charge on any atom is -0.464 e. The highest BCUT2D eigenvalue weighted by Gasteiger charge is 2.34. The molecule has 1 saturated heterocycles. The van der Waals surface area contributed by atoms with Crippen LogP contribution in [0.3, 0.4) is 0 Å². The van der Waals surface area contributed by atoms with E-state index in [9.17, 15) is 18.0 Å². The minimum atomic E-state index is -3.64. The fraction of sp³-hybridized carbons (Fsp3) is 0.500. The Balaban J connectivity index is 2.31. The Hall–Kier alpha value is -1.58. The average molecular weight is 386 g/mol. The molecule has 0 bridgehead atoms. The van der Waals surface area contributed by atoms with Crippen molar-refractivity contribution >= 4 is 33.7 Å². The van der Waals surface area contributed by atoms with Gasteiger partial charge in [0.1, 0.15) is 6.04 Å². The molecule has 1 heterocycles. The number of rotatable bonds is 5. The predicted octanol–water partition coefficient (Wildman–Crippen LogP) is 1.06. The van der Waals surface area contributed by atoms with Gasteiger partial charge in [0.05, 0.1) is 11.5 Å². The van der Waals surface area contributed by atoms with Crippen LogP contribution in [0.5, 0.6) is 0 Å². The number of esters is 1. The molecule has 138 valence electrons. The number of carbonyl (C=O) groups is 2. The summed E-state index contributed by atoms with van der Waals surface area (Å²) in [6.45, 7) is 2.38. The Morgan fingerprint density at radius 2 is 2.08 bits per heavy atom.